The molecule has 214 valence electrons. The van der Waals surface area contributed by atoms with E-state index in [0.717, 1.165) is 99.7 Å². The van der Waals surface area contributed by atoms with Crippen LogP contribution in [0.25, 0.3) is 44.1 Å². The topological polar surface area (TPSA) is 82.3 Å². The Bertz CT molecular complexity index is 1860. The lowest BCUT2D eigenvalue weighted by molar-refractivity contribution is -0.188. The normalized spacial score (nSPS) is 17.0. The van der Waals surface area contributed by atoms with Crippen LogP contribution >= 0.6 is 0 Å². The van der Waals surface area contributed by atoms with Crippen LogP contribution in [0, 0.1) is 5.41 Å². The number of anilines is 2. The van der Waals surface area contributed by atoms with E-state index >= 15 is 0 Å². The second-order valence-electron chi connectivity index (χ2n) is 12.4. The van der Waals surface area contributed by atoms with Gasteiger partial charge < -0.3 is 19.3 Å². The van der Waals surface area contributed by atoms with Crippen molar-refractivity contribution in [1.29, 1.82) is 0 Å². The molecule has 0 radical (unpaired) electrons. The first-order valence-electron chi connectivity index (χ1n) is 15.1. The minimum Gasteiger partial charge on any atom is -0.453 e. The number of benzene rings is 4. The predicted octanol–water partition coefficient (Wildman–Crippen LogP) is 7.13. The van der Waals surface area contributed by atoms with E-state index in [1.807, 2.05) is 12.4 Å². The summed E-state index contributed by atoms with van der Waals surface area (Å²) < 4.78 is 12.1. The Morgan fingerprint density at radius 3 is 1.74 bits per heavy atom. The maximum absolute atomic E-state index is 6.69. The monoisotopic (exact) mass is 568 g/mol. The number of aromatic nitrogens is 4. The number of unbranched alkanes of at least 4 members (excludes halogenated alkanes) is 1. The second kappa shape index (κ2) is 9.69. The van der Waals surface area contributed by atoms with Crippen molar-refractivity contribution in [2.24, 2.45) is 5.41 Å². The average molecular weight is 569 g/mol. The number of aromatic amines is 2. The summed E-state index contributed by atoms with van der Waals surface area (Å²) in [6, 6.07) is 26.0. The number of nitrogens with one attached hydrogen (secondary N) is 2. The molecule has 9 rings (SSSR count). The molecule has 5 heterocycles. The van der Waals surface area contributed by atoms with Crippen LogP contribution in [0.4, 0.5) is 11.4 Å². The molecule has 0 atom stereocenters. The van der Waals surface area contributed by atoms with Crippen molar-refractivity contribution in [3.05, 3.63) is 85.2 Å². The number of likely N-dealkylation sites (tertiary alicyclic amines) is 1. The van der Waals surface area contributed by atoms with Crippen LogP contribution in [0.3, 0.4) is 0 Å². The third-order valence-corrected chi connectivity index (χ3v) is 9.31. The SMILES string of the molecule is c1cc2c(cc1-c1ccc3[nH]ncc3c1)Oc1cc(-c3ccc4[nH]ncc4c3)ccc1N2CCCCN1CC2(COC2)C1. The third-order valence-electron chi connectivity index (χ3n) is 9.31. The maximum atomic E-state index is 6.69. The molecule has 8 heteroatoms. The van der Waals surface area contributed by atoms with Gasteiger partial charge in [0.15, 0.2) is 11.5 Å². The number of ether oxygens (including phenoxy) is 2. The molecule has 0 amide bonds. The largest absolute Gasteiger partial charge is 0.453 e. The summed E-state index contributed by atoms with van der Waals surface area (Å²) >= 11 is 0. The van der Waals surface area contributed by atoms with Crippen molar-refractivity contribution in [2.75, 3.05) is 44.3 Å². The van der Waals surface area contributed by atoms with Gasteiger partial charge in [0, 0.05) is 35.8 Å². The van der Waals surface area contributed by atoms with Gasteiger partial charge in [0.1, 0.15) is 0 Å². The van der Waals surface area contributed by atoms with Crippen LogP contribution in [0.15, 0.2) is 85.2 Å². The average Bonchev–Trinajstić information content (AvgIpc) is 3.67. The molecule has 2 saturated heterocycles. The Balaban J connectivity index is 1.02. The third kappa shape index (κ3) is 4.28. The molecule has 0 unspecified atom stereocenters. The summed E-state index contributed by atoms with van der Waals surface area (Å²) in [4.78, 5) is 5.02. The molecule has 0 saturated carbocycles. The molecule has 2 fully saturated rings. The number of hydrogen-bond acceptors (Lipinski definition) is 6. The van der Waals surface area contributed by atoms with E-state index in [9.17, 15) is 0 Å². The van der Waals surface area contributed by atoms with Gasteiger partial charge >= 0.3 is 0 Å². The van der Waals surface area contributed by atoms with Crippen molar-refractivity contribution in [3.63, 3.8) is 0 Å². The Morgan fingerprint density at radius 2 is 1.19 bits per heavy atom. The summed E-state index contributed by atoms with van der Waals surface area (Å²) in [6.45, 7) is 6.36. The van der Waals surface area contributed by atoms with Crippen LogP contribution in [-0.4, -0.2) is 64.7 Å². The fourth-order valence-electron chi connectivity index (χ4n) is 6.97. The zero-order chi connectivity index (χ0) is 28.4. The number of hydrogen-bond donors (Lipinski definition) is 2. The van der Waals surface area contributed by atoms with Crippen molar-refractivity contribution in [3.8, 4) is 33.8 Å². The Kier molecular flexibility index (Phi) is 5.61. The summed E-state index contributed by atoms with van der Waals surface area (Å²) in [7, 11) is 0. The lowest BCUT2D eigenvalue weighted by Gasteiger charge is -2.55. The number of H-pyrrole nitrogens is 2. The molecular formula is C35H32N6O2. The minimum absolute atomic E-state index is 0.474. The van der Waals surface area contributed by atoms with Gasteiger partial charge in [0.25, 0.3) is 0 Å². The van der Waals surface area contributed by atoms with Crippen molar-refractivity contribution in [1.82, 2.24) is 25.3 Å². The molecule has 43 heavy (non-hydrogen) atoms. The van der Waals surface area contributed by atoms with Crippen molar-refractivity contribution in [2.45, 2.75) is 12.8 Å². The smallest absolute Gasteiger partial charge is 0.151 e. The Hall–Kier alpha value is -4.66. The molecular weight excluding hydrogens is 536 g/mol. The molecule has 8 nitrogen and oxygen atoms in total. The van der Waals surface area contributed by atoms with Gasteiger partial charge in [-0.1, -0.05) is 24.3 Å². The van der Waals surface area contributed by atoms with Gasteiger partial charge in [-0.15, -0.1) is 0 Å². The van der Waals surface area contributed by atoms with Crippen LogP contribution in [0.2, 0.25) is 0 Å². The second-order valence-corrected chi connectivity index (χ2v) is 12.4. The van der Waals surface area contributed by atoms with Gasteiger partial charge in [0.05, 0.1) is 48.0 Å². The molecule has 0 aliphatic carbocycles. The van der Waals surface area contributed by atoms with E-state index in [1.165, 1.54) is 19.5 Å². The highest BCUT2D eigenvalue weighted by Crippen LogP contribution is 2.49. The molecule has 4 aromatic carbocycles. The van der Waals surface area contributed by atoms with Crippen molar-refractivity contribution >= 4 is 33.2 Å². The summed E-state index contributed by atoms with van der Waals surface area (Å²) in [5.74, 6) is 1.77. The standard InChI is InChI=1S/C35H32N6O2/c1(11-40-19-35(20-40)21-42-22-35)2-12-41-31-9-5-25(23-3-7-29-27(13-23)17-36-38-29)15-33(31)43-34-16-26(6-10-32(34)41)24-4-8-30-28(14-24)18-37-39-30/h3-10,13-18H,1-2,11-12,19-22H2,(H,36,38)(H,37,39). The summed E-state index contributed by atoms with van der Waals surface area (Å²) in [5.41, 5.74) is 9.31. The molecule has 3 aliphatic heterocycles. The highest BCUT2D eigenvalue weighted by Gasteiger charge is 2.48. The minimum atomic E-state index is 0.474. The lowest BCUT2D eigenvalue weighted by atomic mass is 9.78. The highest BCUT2D eigenvalue weighted by molar-refractivity contribution is 5.88. The van der Waals surface area contributed by atoms with Gasteiger partial charge in [-0.2, -0.15) is 10.2 Å². The Labute approximate surface area is 249 Å². The fourth-order valence-corrected chi connectivity index (χ4v) is 6.97. The predicted molar refractivity (Wildman–Crippen MR) is 169 cm³/mol. The van der Waals surface area contributed by atoms with E-state index in [-0.39, 0.29) is 0 Å². The Morgan fingerprint density at radius 1 is 0.651 bits per heavy atom. The van der Waals surface area contributed by atoms with Crippen molar-refractivity contribution < 1.29 is 9.47 Å². The first kappa shape index (κ1) is 24.9. The van der Waals surface area contributed by atoms with Crippen LogP contribution < -0.4 is 9.64 Å². The quantitative estimate of drug-likeness (QED) is 0.199. The van der Waals surface area contributed by atoms with E-state index in [0.29, 0.717) is 5.41 Å². The zero-order valence-corrected chi connectivity index (χ0v) is 23.8. The first-order valence-corrected chi connectivity index (χ1v) is 15.1. The highest BCUT2D eigenvalue weighted by atomic mass is 16.5. The zero-order valence-electron chi connectivity index (χ0n) is 23.8. The van der Waals surface area contributed by atoms with E-state index in [2.05, 4.69) is 103 Å². The number of fused-ring (bicyclic) bond motifs is 4. The van der Waals surface area contributed by atoms with Crippen LogP contribution in [0.1, 0.15) is 12.8 Å². The molecule has 2 N–H and O–H groups in total. The van der Waals surface area contributed by atoms with Gasteiger partial charge in [-0.05, 0) is 90.2 Å². The van der Waals surface area contributed by atoms with Gasteiger partial charge in [0.2, 0.25) is 0 Å². The van der Waals surface area contributed by atoms with Crippen LogP contribution in [-0.2, 0) is 4.74 Å². The lowest BCUT2D eigenvalue weighted by Crippen LogP contribution is -2.65. The summed E-state index contributed by atoms with van der Waals surface area (Å²) in [6.07, 6.45) is 6.02. The first-order chi connectivity index (χ1) is 21.2. The fraction of sp³-hybridized carbons (Fsp3) is 0.257. The maximum Gasteiger partial charge on any atom is 0.151 e. The molecule has 2 aromatic heterocycles. The van der Waals surface area contributed by atoms with Gasteiger partial charge in [-0.3, -0.25) is 10.2 Å². The molecule has 1 spiro atoms. The molecule has 3 aliphatic rings. The van der Waals surface area contributed by atoms with E-state index < -0.39 is 0 Å². The number of rotatable bonds is 7. The number of nitrogens with zero attached hydrogens (tertiary/aromatic N) is 4. The molecule has 6 aromatic rings. The van der Waals surface area contributed by atoms with Gasteiger partial charge in [-0.25, -0.2) is 0 Å². The van der Waals surface area contributed by atoms with Crippen LogP contribution in [0.5, 0.6) is 11.5 Å². The summed E-state index contributed by atoms with van der Waals surface area (Å²) in [5, 5.41) is 16.7. The van der Waals surface area contributed by atoms with E-state index in [4.69, 9.17) is 9.47 Å². The van der Waals surface area contributed by atoms with E-state index in [1.54, 1.807) is 0 Å². The molecule has 0 bridgehead atoms.